The quantitative estimate of drug-likeness (QED) is 0.475. The van der Waals surface area contributed by atoms with E-state index in [1.54, 1.807) is 19.2 Å². The molecule has 168 valence electrons. The van der Waals surface area contributed by atoms with Crippen LogP contribution in [-0.2, 0) is 11.2 Å². The summed E-state index contributed by atoms with van der Waals surface area (Å²) in [6, 6.07) is 14.9. The molecule has 2 N–H and O–H groups in total. The van der Waals surface area contributed by atoms with Crippen LogP contribution in [0.1, 0.15) is 24.1 Å². The summed E-state index contributed by atoms with van der Waals surface area (Å²) in [5.74, 6) is 1.41. The first-order valence-electron chi connectivity index (χ1n) is 10.9. The zero-order valence-corrected chi connectivity index (χ0v) is 18.4. The summed E-state index contributed by atoms with van der Waals surface area (Å²) in [5.41, 5.74) is 2.18. The molecule has 1 saturated heterocycles. The van der Waals surface area contributed by atoms with Crippen LogP contribution in [0.15, 0.2) is 53.5 Å². The molecular formula is C24H33FN4O2. The standard InChI is InChI=1S/C24H33FN4O2/c1-3-26-24(27-12-11-19-7-9-22(30-2)10-8-19)28-18-23(29-13-15-31-16-14-29)20-5-4-6-21(25)17-20/h4-10,17,23H,3,11-16,18H2,1-2H3,(H2,26,27,28). The van der Waals surface area contributed by atoms with Gasteiger partial charge in [-0.15, -0.1) is 0 Å². The molecule has 6 nitrogen and oxygen atoms in total. The molecule has 31 heavy (non-hydrogen) atoms. The summed E-state index contributed by atoms with van der Waals surface area (Å²) >= 11 is 0. The minimum atomic E-state index is -0.218. The number of morpholine rings is 1. The van der Waals surface area contributed by atoms with E-state index in [0.29, 0.717) is 19.8 Å². The van der Waals surface area contributed by atoms with E-state index in [1.165, 1.54) is 11.6 Å². The number of methoxy groups -OCH3 is 1. The van der Waals surface area contributed by atoms with Crippen molar-refractivity contribution in [3.63, 3.8) is 0 Å². The van der Waals surface area contributed by atoms with E-state index < -0.39 is 0 Å². The van der Waals surface area contributed by atoms with E-state index in [2.05, 4.69) is 27.7 Å². The van der Waals surface area contributed by atoms with E-state index in [-0.39, 0.29) is 11.9 Å². The van der Waals surface area contributed by atoms with E-state index in [1.807, 2.05) is 25.1 Å². The molecule has 0 bridgehead atoms. The first kappa shape index (κ1) is 23.0. The van der Waals surface area contributed by atoms with Crippen LogP contribution < -0.4 is 15.4 Å². The molecular weight excluding hydrogens is 395 g/mol. The van der Waals surface area contributed by atoms with Gasteiger partial charge < -0.3 is 20.1 Å². The predicted molar refractivity (Wildman–Crippen MR) is 122 cm³/mol. The summed E-state index contributed by atoms with van der Waals surface area (Å²) in [7, 11) is 1.67. The average Bonchev–Trinajstić information content (AvgIpc) is 2.80. The predicted octanol–water partition coefficient (Wildman–Crippen LogP) is 3.01. The maximum Gasteiger partial charge on any atom is 0.191 e. The van der Waals surface area contributed by atoms with Gasteiger partial charge >= 0.3 is 0 Å². The number of aliphatic imine (C=N–C) groups is 1. The van der Waals surface area contributed by atoms with E-state index in [0.717, 1.165) is 49.9 Å². The third-order valence-corrected chi connectivity index (χ3v) is 5.35. The van der Waals surface area contributed by atoms with Gasteiger partial charge in [0.1, 0.15) is 11.6 Å². The molecule has 0 amide bonds. The van der Waals surface area contributed by atoms with Crippen LogP contribution in [-0.4, -0.2) is 63.9 Å². The fourth-order valence-corrected chi connectivity index (χ4v) is 3.67. The van der Waals surface area contributed by atoms with Crippen LogP contribution in [0.2, 0.25) is 0 Å². The van der Waals surface area contributed by atoms with Crippen molar-refractivity contribution in [3.8, 4) is 5.75 Å². The Balaban J connectivity index is 1.64. The number of benzene rings is 2. The topological polar surface area (TPSA) is 58.1 Å². The number of nitrogens with one attached hydrogen (secondary N) is 2. The average molecular weight is 429 g/mol. The Morgan fingerprint density at radius 1 is 1.16 bits per heavy atom. The zero-order chi connectivity index (χ0) is 21.9. The molecule has 0 saturated carbocycles. The van der Waals surface area contributed by atoms with Crippen molar-refractivity contribution in [3.05, 3.63) is 65.5 Å². The lowest BCUT2D eigenvalue weighted by Crippen LogP contribution is -2.42. The van der Waals surface area contributed by atoms with Crippen molar-refractivity contribution >= 4 is 5.96 Å². The minimum Gasteiger partial charge on any atom is -0.497 e. The zero-order valence-electron chi connectivity index (χ0n) is 18.4. The molecule has 1 aliphatic heterocycles. The Kier molecular flexibility index (Phi) is 9.12. The van der Waals surface area contributed by atoms with Crippen LogP contribution in [0.25, 0.3) is 0 Å². The normalized spacial score (nSPS) is 16.0. The molecule has 3 rings (SSSR count). The third-order valence-electron chi connectivity index (χ3n) is 5.35. The second kappa shape index (κ2) is 12.3. The Morgan fingerprint density at radius 2 is 1.94 bits per heavy atom. The van der Waals surface area contributed by atoms with Gasteiger partial charge in [0.05, 0.1) is 32.9 Å². The number of hydrogen-bond donors (Lipinski definition) is 2. The summed E-state index contributed by atoms with van der Waals surface area (Å²) in [6.07, 6.45) is 0.880. The second-order valence-electron chi connectivity index (χ2n) is 7.46. The molecule has 1 atom stereocenters. The van der Waals surface area contributed by atoms with Gasteiger partial charge in [-0.05, 0) is 48.7 Å². The number of rotatable bonds is 9. The van der Waals surface area contributed by atoms with Gasteiger partial charge in [0.15, 0.2) is 5.96 Å². The molecule has 7 heteroatoms. The largest absolute Gasteiger partial charge is 0.497 e. The van der Waals surface area contributed by atoms with E-state index in [4.69, 9.17) is 14.5 Å². The van der Waals surface area contributed by atoms with Gasteiger partial charge in [-0.25, -0.2) is 4.39 Å². The lowest BCUT2D eigenvalue weighted by Gasteiger charge is -2.34. The lowest BCUT2D eigenvalue weighted by atomic mass is 10.0. The molecule has 2 aromatic carbocycles. The maximum atomic E-state index is 13.9. The SMILES string of the molecule is CCNC(=NCC(c1cccc(F)c1)N1CCOCC1)NCCc1ccc(OC)cc1. The number of halogens is 1. The van der Waals surface area contributed by atoms with Crippen LogP contribution in [0.3, 0.4) is 0 Å². The molecule has 0 aromatic heterocycles. The second-order valence-corrected chi connectivity index (χ2v) is 7.46. The lowest BCUT2D eigenvalue weighted by molar-refractivity contribution is 0.0179. The summed E-state index contributed by atoms with van der Waals surface area (Å²) in [6.45, 7) is 7.15. The third kappa shape index (κ3) is 7.22. The summed E-state index contributed by atoms with van der Waals surface area (Å²) in [4.78, 5) is 7.15. The number of ether oxygens (including phenoxy) is 2. The summed E-state index contributed by atoms with van der Waals surface area (Å²) in [5, 5.41) is 6.72. The highest BCUT2D eigenvalue weighted by Crippen LogP contribution is 2.23. The maximum absolute atomic E-state index is 13.9. The molecule has 2 aromatic rings. The molecule has 1 heterocycles. The van der Waals surface area contributed by atoms with Crippen LogP contribution in [0.4, 0.5) is 4.39 Å². The first-order valence-corrected chi connectivity index (χ1v) is 10.9. The van der Waals surface area contributed by atoms with Crippen molar-refractivity contribution in [2.24, 2.45) is 4.99 Å². The van der Waals surface area contributed by atoms with Crippen LogP contribution in [0.5, 0.6) is 5.75 Å². The fourth-order valence-electron chi connectivity index (χ4n) is 3.67. The minimum absolute atomic E-state index is 0.0108. The van der Waals surface area contributed by atoms with E-state index in [9.17, 15) is 4.39 Å². The van der Waals surface area contributed by atoms with Gasteiger partial charge in [0.2, 0.25) is 0 Å². The molecule has 1 unspecified atom stereocenters. The Labute approximate surface area is 184 Å². The van der Waals surface area contributed by atoms with Gasteiger partial charge in [0.25, 0.3) is 0 Å². The van der Waals surface area contributed by atoms with Gasteiger partial charge in [-0.1, -0.05) is 24.3 Å². The molecule has 1 aliphatic rings. The van der Waals surface area contributed by atoms with Crippen molar-refractivity contribution in [2.45, 2.75) is 19.4 Å². The number of guanidine groups is 1. The Bertz CT molecular complexity index is 823. The molecule has 0 radical (unpaired) electrons. The highest BCUT2D eigenvalue weighted by molar-refractivity contribution is 5.79. The van der Waals surface area contributed by atoms with Crippen molar-refractivity contribution in [1.82, 2.24) is 15.5 Å². The van der Waals surface area contributed by atoms with Crippen molar-refractivity contribution in [2.75, 3.05) is 53.0 Å². The van der Waals surface area contributed by atoms with Gasteiger partial charge in [-0.3, -0.25) is 9.89 Å². The monoisotopic (exact) mass is 428 g/mol. The summed E-state index contributed by atoms with van der Waals surface area (Å²) < 4.78 is 24.6. The highest BCUT2D eigenvalue weighted by Gasteiger charge is 2.23. The highest BCUT2D eigenvalue weighted by atomic mass is 19.1. The van der Waals surface area contributed by atoms with Crippen molar-refractivity contribution in [1.29, 1.82) is 0 Å². The first-order chi connectivity index (χ1) is 15.2. The molecule has 0 aliphatic carbocycles. The van der Waals surface area contributed by atoms with Gasteiger partial charge in [0, 0.05) is 26.2 Å². The van der Waals surface area contributed by atoms with Crippen molar-refractivity contribution < 1.29 is 13.9 Å². The van der Waals surface area contributed by atoms with Gasteiger partial charge in [-0.2, -0.15) is 0 Å². The van der Waals surface area contributed by atoms with Crippen LogP contribution in [0, 0.1) is 5.82 Å². The fraction of sp³-hybridized carbons (Fsp3) is 0.458. The van der Waals surface area contributed by atoms with E-state index >= 15 is 0 Å². The Morgan fingerprint density at radius 3 is 2.61 bits per heavy atom. The number of hydrogen-bond acceptors (Lipinski definition) is 4. The number of nitrogens with zero attached hydrogens (tertiary/aromatic N) is 2. The van der Waals surface area contributed by atoms with Crippen LogP contribution >= 0.6 is 0 Å². The Hall–Kier alpha value is -2.64. The molecule has 1 fully saturated rings. The molecule has 0 spiro atoms. The smallest absolute Gasteiger partial charge is 0.191 e.